The molecule has 4 aromatic rings. The Morgan fingerprint density at radius 1 is 0.789 bits per heavy atom. The summed E-state index contributed by atoms with van der Waals surface area (Å²) in [7, 11) is -4.01. The van der Waals surface area contributed by atoms with Gasteiger partial charge in [-0.05, 0) is 98.5 Å². The zero-order chi connectivity index (χ0) is 27.3. The highest BCUT2D eigenvalue weighted by atomic mass is 32.2. The highest BCUT2D eigenvalue weighted by Crippen LogP contribution is 2.28. The van der Waals surface area contributed by atoms with Crippen LogP contribution in [0.15, 0.2) is 102 Å². The Morgan fingerprint density at radius 3 is 1.97 bits per heavy atom. The fourth-order valence-corrected chi connectivity index (χ4v) is 5.73. The Morgan fingerprint density at radius 2 is 1.34 bits per heavy atom. The van der Waals surface area contributed by atoms with E-state index >= 15 is 0 Å². The molecule has 0 saturated heterocycles. The Labute approximate surface area is 225 Å². The van der Waals surface area contributed by atoms with Crippen molar-refractivity contribution in [1.29, 1.82) is 0 Å². The third-order valence-corrected chi connectivity index (χ3v) is 8.24. The number of para-hydroxylation sites is 1. The average molecular weight is 529 g/mol. The van der Waals surface area contributed by atoms with E-state index < -0.39 is 15.9 Å². The molecule has 0 aliphatic heterocycles. The highest BCUT2D eigenvalue weighted by molar-refractivity contribution is 7.92. The van der Waals surface area contributed by atoms with Gasteiger partial charge >= 0.3 is 0 Å². The SMILES string of the molecule is Cc1cc(C)c([C@@H](C)NC(=O)CN(c2ccc(Oc3ccccc3)cc2)S(=O)(=O)c2ccccc2)cc1C. The summed E-state index contributed by atoms with van der Waals surface area (Å²) in [4.78, 5) is 13.3. The number of carbonyl (C=O) groups is 1. The van der Waals surface area contributed by atoms with Gasteiger partial charge in [-0.25, -0.2) is 8.42 Å². The Balaban J connectivity index is 1.60. The van der Waals surface area contributed by atoms with Crippen LogP contribution in [-0.2, 0) is 14.8 Å². The van der Waals surface area contributed by atoms with Gasteiger partial charge in [0.1, 0.15) is 18.0 Å². The first-order valence-corrected chi connectivity index (χ1v) is 13.9. The van der Waals surface area contributed by atoms with Crippen LogP contribution in [0, 0.1) is 20.8 Å². The molecule has 196 valence electrons. The largest absolute Gasteiger partial charge is 0.457 e. The number of rotatable bonds is 9. The van der Waals surface area contributed by atoms with Crippen LogP contribution in [0.3, 0.4) is 0 Å². The molecular formula is C31H32N2O4S. The summed E-state index contributed by atoms with van der Waals surface area (Å²) in [6.45, 7) is 7.63. The Hall–Kier alpha value is -4.10. The summed E-state index contributed by atoms with van der Waals surface area (Å²) >= 11 is 0. The molecule has 0 fully saturated rings. The molecule has 0 spiro atoms. The lowest BCUT2D eigenvalue weighted by Crippen LogP contribution is -2.41. The fraction of sp³-hybridized carbons (Fsp3) is 0.194. The van der Waals surface area contributed by atoms with Crippen molar-refractivity contribution in [3.8, 4) is 11.5 Å². The minimum atomic E-state index is -4.01. The number of sulfonamides is 1. The lowest BCUT2D eigenvalue weighted by molar-refractivity contribution is -0.120. The van der Waals surface area contributed by atoms with Gasteiger partial charge in [0.25, 0.3) is 10.0 Å². The van der Waals surface area contributed by atoms with Crippen molar-refractivity contribution in [3.63, 3.8) is 0 Å². The van der Waals surface area contributed by atoms with Crippen molar-refractivity contribution in [1.82, 2.24) is 5.32 Å². The van der Waals surface area contributed by atoms with Crippen LogP contribution in [0.25, 0.3) is 0 Å². The number of ether oxygens (including phenoxy) is 1. The van der Waals surface area contributed by atoms with E-state index in [4.69, 9.17) is 4.74 Å². The van der Waals surface area contributed by atoms with Crippen molar-refractivity contribution in [2.75, 3.05) is 10.8 Å². The summed E-state index contributed by atoms with van der Waals surface area (Å²) in [6.07, 6.45) is 0. The van der Waals surface area contributed by atoms with Crippen molar-refractivity contribution in [2.45, 2.75) is 38.6 Å². The molecule has 1 N–H and O–H groups in total. The molecule has 0 bridgehead atoms. The van der Waals surface area contributed by atoms with E-state index in [2.05, 4.69) is 24.4 Å². The van der Waals surface area contributed by atoms with Gasteiger partial charge in [-0.2, -0.15) is 0 Å². The maximum Gasteiger partial charge on any atom is 0.264 e. The minimum Gasteiger partial charge on any atom is -0.457 e. The van der Waals surface area contributed by atoms with E-state index in [0.29, 0.717) is 17.2 Å². The van der Waals surface area contributed by atoms with E-state index in [-0.39, 0.29) is 17.5 Å². The summed E-state index contributed by atoms with van der Waals surface area (Å²) in [5.41, 5.74) is 4.76. The quantitative estimate of drug-likeness (QED) is 0.270. The molecule has 4 aromatic carbocycles. The van der Waals surface area contributed by atoms with Crippen LogP contribution < -0.4 is 14.4 Å². The molecule has 0 radical (unpaired) electrons. The number of hydrogen-bond donors (Lipinski definition) is 1. The first-order valence-electron chi connectivity index (χ1n) is 12.4. The second-order valence-corrected chi connectivity index (χ2v) is 11.2. The second-order valence-electron chi connectivity index (χ2n) is 9.32. The molecule has 0 heterocycles. The fourth-order valence-electron chi connectivity index (χ4n) is 4.28. The van der Waals surface area contributed by atoms with E-state index in [1.807, 2.05) is 51.1 Å². The van der Waals surface area contributed by atoms with Crippen molar-refractivity contribution in [3.05, 3.63) is 119 Å². The van der Waals surface area contributed by atoms with Crippen molar-refractivity contribution < 1.29 is 17.9 Å². The van der Waals surface area contributed by atoms with Crippen LogP contribution in [0.5, 0.6) is 11.5 Å². The monoisotopic (exact) mass is 528 g/mol. The number of benzene rings is 4. The van der Waals surface area contributed by atoms with Gasteiger partial charge in [0.05, 0.1) is 16.6 Å². The molecule has 0 aliphatic rings. The van der Waals surface area contributed by atoms with E-state index in [0.717, 1.165) is 21.0 Å². The number of nitrogens with zero attached hydrogens (tertiary/aromatic N) is 1. The third-order valence-electron chi connectivity index (χ3n) is 6.45. The number of aryl methyl sites for hydroxylation is 3. The maximum atomic E-state index is 13.7. The summed E-state index contributed by atoms with van der Waals surface area (Å²) in [6, 6.07) is 28.0. The van der Waals surface area contributed by atoms with Gasteiger partial charge in [0.2, 0.25) is 5.91 Å². The minimum absolute atomic E-state index is 0.107. The molecule has 0 saturated carbocycles. The number of nitrogens with one attached hydrogen (secondary N) is 1. The topological polar surface area (TPSA) is 75.7 Å². The lowest BCUT2D eigenvalue weighted by Gasteiger charge is -2.26. The molecule has 0 aromatic heterocycles. The van der Waals surface area contributed by atoms with Crippen molar-refractivity contribution in [2.24, 2.45) is 0 Å². The smallest absolute Gasteiger partial charge is 0.264 e. The standard InChI is InChI=1S/C31H32N2O4S/c1-22-19-24(3)30(20-23(22)2)25(4)32-31(34)21-33(38(35,36)29-13-9-6-10-14-29)26-15-17-28(18-16-26)37-27-11-7-5-8-12-27/h5-20,25H,21H2,1-4H3,(H,32,34)/t25-/m1/s1. The second kappa shape index (κ2) is 11.5. The van der Waals surface area contributed by atoms with Gasteiger partial charge in [-0.1, -0.05) is 48.5 Å². The maximum absolute atomic E-state index is 13.7. The normalized spacial score (nSPS) is 12.0. The molecule has 38 heavy (non-hydrogen) atoms. The van der Waals surface area contributed by atoms with Crippen LogP contribution >= 0.6 is 0 Å². The lowest BCUT2D eigenvalue weighted by atomic mass is 9.96. The average Bonchev–Trinajstić information content (AvgIpc) is 2.91. The van der Waals surface area contributed by atoms with Crippen LogP contribution in [-0.4, -0.2) is 20.9 Å². The van der Waals surface area contributed by atoms with E-state index in [1.165, 1.54) is 17.7 Å². The first kappa shape index (κ1) is 26.9. The number of anilines is 1. The van der Waals surface area contributed by atoms with Gasteiger partial charge in [0, 0.05) is 0 Å². The third kappa shape index (κ3) is 6.23. The molecular weight excluding hydrogens is 496 g/mol. The predicted molar refractivity (Wildman–Crippen MR) is 151 cm³/mol. The van der Waals surface area contributed by atoms with Crippen molar-refractivity contribution >= 4 is 21.6 Å². The zero-order valence-corrected chi connectivity index (χ0v) is 22.8. The number of hydrogen-bond acceptors (Lipinski definition) is 4. The highest BCUT2D eigenvalue weighted by Gasteiger charge is 2.28. The number of amides is 1. The number of carbonyl (C=O) groups excluding carboxylic acids is 1. The summed E-state index contributed by atoms with van der Waals surface area (Å²) in [5, 5.41) is 2.98. The van der Waals surface area contributed by atoms with Gasteiger partial charge < -0.3 is 10.1 Å². The van der Waals surface area contributed by atoms with E-state index in [9.17, 15) is 13.2 Å². The van der Waals surface area contributed by atoms with Gasteiger partial charge in [0.15, 0.2) is 0 Å². The van der Waals surface area contributed by atoms with Crippen LogP contribution in [0.4, 0.5) is 5.69 Å². The molecule has 0 aliphatic carbocycles. The van der Waals surface area contributed by atoms with Crippen LogP contribution in [0.1, 0.15) is 35.2 Å². The first-order chi connectivity index (χ1) is 18.1. The Kier molecular flexibility index (Phi) is 8.17. The predicted octanol–water partition coefficient (Wildman–Crippen LogP) is 6.48. The molecule has 1 amide bonds. The molecule has 6 nitrogen and oxygen atoms in total. The molecule has 0 unspecified atom stereocenters. The molecule has 4 rings (SSSR count). The van der Waals surface area contributed by atoms with Gasteiger partial charge in [-0.15, -0.1) is 0 Å². The Bertz CT molecular complexity index is 1500. The van der Waals surface area contributed by atoms with Gasteiger partial charge in [-0.3, -0.25) is 9.10 Å². The summed E-state index contributed by atoms with van der Waals surface area (Å²) < 4.78 is 34.3. The zero-order valence-electron chi connectivity index (χ0n) is 22.0. The van der Waals surface area contributed by atoms with Crippen LogP contribution in [0.2, 0.25) is 0 Å². The molecule has 7 heteroatoms. The summed E-state index contributed by atoms with van der Waals surface area (Å²) in [5.74, 6) is 0.823. The molecule has 1 atom stereocenters. The van der Waals surface area contributed by atoms with E-state index in [1.54, 1.807) is 42.5 Å².